The average molecular weight is 1930 g/mol. The lowest BCUT2D eigenvalue weighted by Crippen LogP contribution is -2.51. The molecule has 22 rings (SSSR count). The Labute approximate surface area is 835 Å². The Bertz CT molecular complexity index is 4050. The molecular formula is C120H196O18. The van der Waals surface area contributed by atoms with Crippen molar-refractivity contribution in [2.45, 2.75) is 536 Å². The summed E-state index contributed by atoms with van der Waals surface area (Å²) in [7, 11) is 0. The SMILES string of the molecule is CCC(C)C(=O)OC(C)(C)C1CC2CCC1O2.CCC(C)C(=O)OC(CC)(CC)C1CC2CCC1O2.CCC(C)C(=O)OC1(C(C)C)CC2CC1C1C3CCC(C3)C21.CCC(C)C(=O)OC1(C)CC2CC1C1C3CCC(C3)C21.CCC(C)C(=O)OC1(C2CC3CCC2O3)CCCC1.CCC(C)C(=O)OC1(C2CC3CCC2O3)CCCCC1.CCC(C)C(=O)OC1(CC)CC2CC1C1C3CCC(C3)C21. The second kappa shape index (κ2) is 43.9. The highest BCUT2D eigenvalue weighted by molar-refractivity contribution is 5.75. The topological polar surface area (TPSA) is 221 Å². The van der Waals surface area contributed by atoms with Crippen LogP contribution in [-0.4, -0.2) is 130 Å². The van der Waals surface area contributed by atoms with Crippen LogP contribution in [0.15, 0.2) is 0 Å². The number of fused-ring (bicyclic) bond motifs is 35. The second-order valence-corrected chi connectivity index (χ2v) is 52.0. The first-order chi connectivity index (χ1) is 65.9. The van der Waals surface area contributed by atoms with E-state index in [4.69, 9.17) is 52.1 Å². The van der Waals surface area contributed by atoms with Crippen LogP contribution >= 0.6 is 0 Å². The first-order valence-electron chi connectivity index (χ1n) is 59.1. The largest absolute Gasteiger partial charge is 0.459 e. The van der Waals surface area contributed by atoms with Crippen LogP contribution < -0.4 is 0 Å². The zero-order valence-corrected chi connectivity index (χ0v) is 90.8. The van der Waals surface area contributed by atoms with Crippen LogP contribution in [0.2, 0.25) is 0 Å². The number of carbonyl (C=O) groups excluding carboxylic acids is 7. The number of esters is 7. The van der Waals surface area contributed by atoms with Gasteiger partial charge < -0.3 is 52.1 Å². The molecule has 8 heterocycles. The van der Waals surface area contributed by atoms with Gasteiger partial charge in [-0.15, -0.1) is 0 Å². The maximum Gasteiger partial charge on any atom is 0.309 e. The molecule has 0 radical (unpaired) electrons. The molecule has 22 fully saturated rings. The van der Waals surface area contributed by atoms with E-state index in [0.29, 0.717) is 96.2 Å². The van der Waals surface area contributed by atoms with Crippen molar-refractivity contribution in [1.82, 2.24) is 0 Å². The third kappa shape index (κ3) is 20.7. The molecule has 138 heavy (non-hydrogen) atoms. The predicted octanol–water partition coefficient (Wildman–Crippen LogP) is 27.1. The number of ether oxygens (including phenoxy) is 11. The van der Waals surface area contributed by atoms with Crippen molar-refractivity contribution in [3.63, 3.8) is 0 Å². The van der Waals surface area contributed by atoms with Gasteiger partial charge in [0.15, 0.2) is 0 Å². The van der Waals surface area contributed by atoms with Crippen LogP contribution in [0.1, 0.15) is 448 Å². The van der Waals surface area contributed by atoms with E-state index in [1.807, 2.05) is 83.1 Å². The van der Waals surface area contributed by atoms with Crippen molar-refractivity contribution < 1.29 is 85.7 Å². The molecule has 8 saturated heterocycles. The van der Waals surface area contributed by atoms with Crippen molar-refractivity contribution in [3.05, 3.63) is 0 Å². The van der Waals surface area contributed by atoms with Crippen LogP contribution in [0.25, 0.3) is 0 Å². The van der Waals surface area contributed by atoms with E-state index >= 15 is 0 Å². The minimum absolute atomic E-state index is 0.00279. The Hall–Kier alpha value is -3.87. The number of carbonyl (C=O) groups is 7. The highest BCUT2D eigenvalue weighted by atomic mass is 16.6. The van der Waals surface area contributed by atoms with Crippen LogP contribution in [0.3, 0.4) is 0 Å². The zero-order chi connectivity index (χ0) is 98.8. The van der Waals surface area contributed by atoms with E-state index in [1.54, 1.807) is 0 Å². The van der Waals surface area contributed by atoms with Crippen LogP contribution in [0.4, 0.5) is 0 Å². The molecule has 0 aromatic carbocycles. The van der Waals surface area contributed by atoms with Crippen molar-refractivity contribution in [2.75, 3.05) is 0 Å². The summed E-state index contributed by atoms with van der Waals surface area (Å²) < 4.78 is 66.4. The predicted molar refractivity (Wildman–Crippen MR) is 538 cm³/mol. The Kier molecular flexibility index (Phi) is 34.0. The standard InChI is InChI=1S/C20H32O2.C19H30O2.C18H28O2.C17H28O3.C16H26O3.C16H28O3.C14H24O3/c1-5-12(4)19(21)22-20(11(2)3)10-15-9-16(20)18-14-7-6-13(8-14)17(15)18;1-4-11(3)18(20)21-19(5-2)10-14-9-15(19)17-13-7-6-12(8-13)16(14)17;1-4-10(2)17(19)20-18(3)9-13-8-14(18)16-12-6-5-11(7-12)15(13)16;1-3-12(2)16(18)20-17(9-5-4-6-10-17)14-11-13-7-8-15(14)19-13;1-3-11(2)15(17)19-16(8-4-5-9-16)13-10-12-6-7-14(13)18-12;1-5-11(4)15(17)19-16(6-2,7-3)13-10-12-8-9-14(13)18-12;1-5-9(2)13(15)17-14(3,4)11-8-10-6-7-12(11)16-10/h11-18H,5-10H2,1-4H3;11-17H,4-10H2,1-3H3;10-16H,4-9H2,1-3H3;12-15H,3-11H2,1-2H3;11-14H,3-10H2,1-2H3;11-14H,5-10H2,1-4H3;9-12H,5-8H2,1-4H3. The molecule has 22 aliphatic rings. The van der Waals surface area contributed by atoms with Gasteiger partial charge in [-0.1, -0.05) is 138 Å². The first kappa shape index (κ1) is 107. The Balaban J connectivity index is 0.000000117. The van der Waals surface area contributed by atoms with Gasteiger partial charge in [0.2, 0.25) is 0 Å². The van der Waals surface area contributed by atoms with Crippen molar-refractivity contribution in [2.24, 2.45) is 178 Å². The maximum atomic E-state index is 12.5. The zero-order valence-electron chi connectivity index (χ0n) is 90.8. The lowest BCUT2D eigenvalue weighted by molar-refractivity contribution is -0.185. The van der Waals surface area contributed by atoms with E-state index in [1.165, 1.54) is 141 Å². The lowest BCUT2D eigenvalue weighted by atomic mass is 9.63. The molecule has 0 amide bonds. The summed E-state index contributed by atoms with van der Waals surface area (Å²) in [5.74, 6) is 18.6. The highest BCUT2D eigenvalue weighted by Gasteiger charge is 2.72. The molecule has 8 aliphatic heterocycles. The minimum Gasteiger partial charge on any atom is -0.459 e. The fraction of sp³-hybridized carbons (Fsp3) is 0.942. The fourth-order valence-corrected chi connectivity index (χ4v) is 35.4. The highest BCUT2D eigenvalue weighted by Crippen LogP contribution is 2.75. The van der Waals surface area contributed by atoms with Crippen molar-refractivity contribution >= 4 is 41.8 Å². The van der Waals surface area contributed by atoms with Gasteiger partial charge in [-0.3, -0.25) is 33.6 Å². The Morgan fingerprint density at radius 3 is 1.02 bits per heavy atom. The summed E-state index contributed by atoms with van der Waals surface area (Å²) in [4.78, 5) is 85.9. The van der Waals surface area contributed by atoms with Crippen LogP contribution in [0.5, 0.6) is 0 Å². The van der Waals surface area contributed by atoms with E-state index in [2.05, 4.69) is 69.2 Å². The summed E-state index contributed by atoms with van der Waals surface area (Å²) in [6, 6.07) is 0. The fourth-order valence-electron chi connectivity index (χ4n) is 35.4. The van der Waals surface area contributed by atoms with Gasteiger partial charge in [0.25, 0.3) is 0 Å². The molecule has 20 bridgehead atoms. The molecule has 0 aromatic heterocycles. The normalized spacial score (nSPS) is 42.4. The van der Waals surface area contributed by atoms with Gasteiger partial charge in [-0.25, -0.2) is 0 Å². The Morgan fingerprint density at radius 2 is 0.638 bits per heavy atom. The number of hydrogen-bond donors (Lipinski definition) is 0. The van der Waals surface area contributed by atoms with E-state index in [0.717, 1.165) is 243 Å². The van der Waals surface area contributed by atoms with Gasteiger partial charge in [0.1, 0.15) is 39.2 Å². The van der Waals surface area contributed by atoms with Gasteiger partial charge in [0.05, 0.1) is 90.3 Å². The molecule has 40 unspecified atom stereocenters. The molecule has 18 nitrogen and oxygen atoms in total. The molecule has 40 atom stereocenters. The van der Waals surface area contributed by atoms with Crippen LogP contribution in [0, 0.1) is 178 Å². The summed E-state index contributed by atoms with van der Waals surface area (Å²) in [5.41, 5.74) is -1.48. The third-order valence-corrected chi connectivity index (χ3v) is 44.4. The lowest BCUT2D eigenvalue weighted by Gasteiger charge is -2.48. The summed E-state index contributed by atoms with van der Waals surface area (Å²) in [6.07, 6.45) is 56.6. The van der Waals surface area contributed by atoms with E-state index in [-0.39, 0.29) is 122 Å². The minimum atomic E-state index is -0.389. The van der Waals surface area contributed by atoms with Gasteiger partial charge in [-0.05, 0) is 404 Å². The summed E-state index contributed by atoms with van der Waals surface area (Å²) >= 11 is 0. The number of rotatable bonds is 29. The molecule has 14 saturated carbocycles. The maximum absolute atomic E-state index is 12.5. The van der Waals surface area contributed by atoms with E-state index < -0.39 is 0 Å². The van der Waals surface area contributed by atoms with Gasteiger partial charge in [0, 0.05) is 41.4 Å². The van der Waals surface area contributed by atoms with Crippen LogP contribution in [-0.2, 0) is 85.7 Å². The Morgan fingerprint density at radius 1 is 0.304 bits per heavy atom. The average Bonchev–Trinajstić information content (AvgIpc) is 1.52. The number of hydrogen-bond acceptors (Lipinski definition) is 18. The molecular weight excluding hydrogens is 1730 g/mol. The molecule has 18 heteroatoms. The second-order valence-electron chi connectivity index (χ2n) is 52.0. The molecule has 0 aromatic rings. The van der Waals surface area contributed by atoms with Gasteiger partial charge >= 0.3 is 41.8 Å². The summed E-state index contributed by atoms with van der Waals surface area (Å²) in [6.45, 7) is 45.6. The smallest absolute Gasteiger partial charge is 0.309 e. The molecule has 0 N–H and O–H groups in total. The quantitative estimate of drug-likeness (QED) is 0.0386. The monoisotopic (exact) mass is 1930 g/mol. The molecule has 0 spiro atoms. The summed E-state index contributed by atoms with van der Waals surface area (Å²) in [5, 5.41) is 0. The molecule has 784 valence electrons. The first-order valence-corrected chi connectivity index (χ1v) is 59.1. The molecule has 14 aliphatic carbocycles. The third-order valence-electron chi connectivity index (χ3n) is 44.4. The van der Waals surface area contributed by atoms with Crippen molar-refractivity contribution in [3.8, 4) is 0 Å². The van der Waals surface area contributed by atoms with Crippen molar-refractivity contribution in [1.29, 1.82) is 0 Å². The van der Waals surface area contributed by atoms with Gasteiger partial charge in [-0.2, -0.15) is 0 Å². The van der Waals surface area contributed by atoms with E-state index in [9.17, 15) is 33.6 Å².